The molecule has 0 aliphatic carbocycles. The van der Waals surface area contributed by atoms with Gasteiger partial charge >= 0.3 is 0 Å². The van der Waals surface area contributed by atoms with Crippen molar-refractivity contribution in [1.82, 2.24) is 14.9 Å². The van der Waals surface area contributed by atoms with Crippen molar-refractivity contribution in [2.45, 2.75) is 13.0 Å². The van der Waals surface area contributed by atoms with Crippen LogP contribution in [0.2, 0.25) is 5.02 Å². The molecule has 1 aromatic heterocycles. The Morgan fingerprint density at radius 2 is 2.03 bits per heavy atom. The standard InChI is InChI=1S/C27H30ClN6O3P/c1-5-24(35)33-10-11-34-19(15-33)16-37-22-13-18(12-17(2)25(22)34)30-27-29-14-20(28)26(32-27)31-21-8-6-7-9-23(21)38(3,4)36/h5-9,12-14,19H,1,10-11,15-16H2,2-4H3,(H2,29,30,31,32)/t19-/m1/s1. The molecular weight excluding hydrogens is 523 g/mol. The first-order valence-electron chi connectivity index (χ1n) is 12.3. The number of para-hydroxylation sites is 1. The molecule has 3 heterocycles. The van der Waals surface area contributed by atoms with Gasteiger partial charge in [-0.2, -0.15) is 4.98 Å². The molecule has 198 valence electrons. The van der Waals surface area contributed by atoms with Gasteiger partial charge in [0.05, 0.1) is 23.6 Å². The first kappa shape index (κ1) is 26.1. The van der Waals surface area contributed by atoms with Gasteiger partial charge in [0.1, 0.15) is 24.5 Å². The Hall–Kier alpha value is -3.55. The van der Waals surface area contributed by atoms with Crippen molar-refractivity contribution in [2.75, 3.05) is 55.1 Å². The lowest BCUT2D eigenvalue weighted by atomic mass is 10.0. The summed E-state index contributed by atoms with van der Waals surface area (Å²) in [7, 11) is -2.52. The number of aryl methyl sites for hydroxylation is 1. The molecule has 1 fully saturated rings. The molecule has 0 unspecified atom stereocenters. The van der Waals surface area contributed by atoms with Crippen LogP contribution >= 0.6 is 18.7 Å². The molecular formula is C27H30ClN6O3P. The van der Waals surface area contributed by atoms with E-state index in [1.807, 2.05) is 48.2 Å². The largest absolute Gasteiger partial charge is 0.489 e. The maximum atomic E-state index is 12.8. The van der Waals surface area contributed by atoms with Crippen LogP contribution in [0.3, 0.4) is 0 Å². The second-order valence-corrected chi connectivity index (χ2v) is 13.4. The first-order valence-corrected chi connectivity index (χ1v) is 15.3. The van der Waals surface area contributed by atoms with Gasteiger partial charge < -0.3 is 29.7 Å². The Balaban J connectivity index is 1.37. The molecule has 2 N–H and O–H groups in total. The lowest BCUT2D eigenvalue weighted by Crippen LogP contribution is -2.58. The fourth-order valence-electron chi connectivity index (χ4n) is 4.93. The number of aromatic nitrogens is 2. The topological polar surface area (TPSA) is 99.7 Å². The third kappa shape index (κ3) is 5.22. The van der Waals surface area contributed by atoms with E-state index in [0.29, 0.717) is 42.2 Å². The number of anilines is 5. The number of carbonyl (C=O) groups is 1. The molecule has 0 radical (unpaired) electrons. The number of nitrogens with one attached hydrogen (secondary N) is 2. The molecule has 2 aliphatic rings. The molecule has 5 rings (SSSR count). The molecule has 38 heavy (non-hydrogen) atoms. The summed E-state index contributed by atoms with van der Waals surface area (Å²) >= 11 is 6.40. The average Bonchev–Trinajstić information content (AvgIpc) is 2.89. The molecule has 2 aliphatic heterocycles. The number of halogens is 1. The Labute approximate surface area is 227 Å². The van der Waals surface area contributed by atoms with Crippen molar-refractivity contribution in [3.63, 3.8) is 0 Å². The summed E-state index contributed by atoms with van der Waals surface area (Å²) in [6, 6.07) is 11.5. The zero-order chi connectivity index (χ0) is 27.0. The number of benzene rings is 2. The molecule has 1 atom stereocenters. The lowest BCUT2D eigenvalue weighted by Gasteiger charge is -2.46. The fraction of sp³-hybridized carbons (Fsp3) is 0.296. The van der Waals surface area contributed by atoms with Crippen LogP contribution in [-0.4, -0.2) is 66.4 Å². The van der Waals surface area contributed by atoms with Crippen LogP contribution in [-0.2, 0) is 9.36 Å². The Morgan fingerprint density at radius 3 is 2.79 bits per heavy atom. The van der Waals surface area contributed by atoms with Gasteiger partial charge in [0.25, 0.3) is 0 Å². The Morgan fingerprint density at radius 1 is 1.24 bits per heavy atom. The van der Waals surface area contributed by atoms with E-state index in [2.05, 4.69) is 32.1 Å². The van der Waals surface area contributed by atoms with Crippen LogP contribution < -0.4 is 25.6 Å². The number of fused-ring (bicyclic) bond motifs is 3. The van der Waals surface area contributed by atoms with E-state index in [0.717, 1.165) is 34.5 Å². The van der Waals surface area contributed by atoms with Gasteiger partial charge in [0, 0.05) is 36.7 Å². The highest BCUT2D eigenvalue weighted by molar-refractivity contribution is 7.70. The van der Waals surface area contributed by atoms with E-state index in [-0.39, 0.29) is 11.9 Å². The minimum Gasteiger partial charge on any atom is -0.489 e. The van der Waals surface area contributed by atoms with Crippen molar-refractivity contribution >= 4 is 58.8 Å². The summed E-state index contributed by atoms with van der Waals surface area (Å²) in [6.45, 7) is 11.6. The van der Waals surface area contributed by atoms with Gasteiger partial charge in [0.15, 0.2) is 5.82 Å². The minimum atomic E-state index is -2.52. The maximum absolute atomic E-state index is 12.8. The smallest absolute Gasteiger partial charge is 0.246 e. The van der Waals surface area contributed by atoms with Gasteiger partial charge in [0.2, 0.25) is 11.9 Å². The maximum Gasteiger partial charge on any atom is 0.246 e. The summed E-state index contributed by atoms with van der Waals surface area (Å²) in [4.78, 5) is 25.1. The number of rotatable bonds is 6. The van der Waals surface area contributed by atoms with E-state index in [1.54, 1.807) is 13.3 Å². The summed E-state index contributed by atoms with van der Waals surface area (Å²) in [5.41, 5.74) is 3.55. The lowest BCUT2D eigenvalue weighted by molar-refractivity contribution is -0.127. The Kier molecular flexibility index (Phi) is 7.07. The first-order chi connectivity index (χ1) is 18.1. The van der Waals surface area contributed by atoms with Crippen molar-refractivity contribution in [3.8, 4) is 5.75 Å². The third-order valence-corrected chi connectivity index (χ3v) is 8.52. The SMILES string of the molecule is C=CC(=O)N1CCN2c3c(C)cc(Nc4ncc(Cl)c(Nc5ccccc5P(C)(C)=O)n4)cc3OC[C@H]2C1. The fourth-order valence-corrected chi connectivity index (χ4v) is 6.22. The normalized spacial score (nSPS) is 16.7. The van der Waals surface area contributed by atoms with Crippen molar-refractivity contribution in [1.29, 1.82) is 0 Å². The molecule has 1 amide bonds. The van der Waals surface area contributed by atoms with Crippen molar-refractivity contribution < 1.29 is 14.1 Å². The van der Waals surface area contributed by atoms with Crippen LogP contribution in [0.1, 0.15) is 5.56 Å². The van der Waals surface area contributed by atoms with Gasteiger partial charge in [-0.15, -0.1) is 0 Å². The van der Waals surface area contributed by atoms with E-state index in [4.69, 9.17) is 16.3 Å². The molecule has 1 saturated heterocycles. The van der Waals surface area contributed by atoms with Gasteiger partial charge in [-0.3, -0.25) is 4.79 Å². The molecule has 2 aromatic carbocycles. The highest BCUT2D eigenvalue weighted by atomic mass is 35.5. The average molecular weight is 553 g/mol. The van der Waals surface area contributed by atoms with E-state index in [9.17, 15) is 9.36 Å². The Bertz CT molecular complexity index is 1460. The van der Waals surface area contributed by atoms with Crippen LogP contribution in [0.25, 0.3) is 0 Å². The molecule has 3 aromatic rings. The highest BCUT2D eigenvalue weighted by Crippen LogP contribution is 2.41. The second-order valence-electron chi connectivity index (χ2n) is 9.79. The second kappa shape index (κ2) is 10.3. The van der Waals surface area contributed by atoms with E-state index in [1.165, 1.54) is 12.3 Å². The van der Waals surface area contributed by atoms with Crippen LogP contribution in [0.5, 0.6) is 5.75 Å². The van der Waals surface area contributed by atoms with Crippen LogP contribution in [0.4, 0.5) is 28.8 Å². The number of amides is 1. The zero-order valence-corrected chi connectivity index (χ0v) is 23.2. The number of hydrogen-bond donors (Lipinski definition) is 2. The predicted molar refractivity (Wildman–Crippen MR) is 154 cm³/mol. The summed E-state index contributed by atoms with van der Waals surface area (Å²) in [6.07, 6.45) is 2.89. The minimum absolute atomic E-state index is 0.0505. The summed E-state index contributed by atoms with van der Waals surface area (Å²) in [5.74, 6) is 1.49. The summed E-state index contributed by atoms with van der Waals surface area (Å²) < 4.78 is 18.9. The van der Waals surface area contributed by atoms with Gasteiger partial charge in [-0.25, -0.2) is 4.98 Å². The number of nitrogens with zero attached hydrogens (tertiary/aromatic N) is 4. The number of hydrogen-bond acceptors (Lipinski definition) is 8. The van der Waals surface area contributed by atoms with Gasteiger partial charge in [-0.05, 0) is 50.1 Å². The van der Waals surface area contributed by atoms with Gasteiger partial charge in [-0.1, -0.05) is 30.3 Å². The number of carbonyl (C=O) groups excluding carboxylic acids is 1. The molecule has 0 saturated carbocycles. The molecule has 0 spiro atoms. The molecule has 0 bridgehead atoms. The van der Waals surface area contributed by atoms with E-state index < -0.39 is 7.14 Å². The van der Waals surface area contributed by atoms with Crippen molar-refractivity contribution in [2.24, 2.45) is 0 Å². The quantitative estimate of drug-likeness (QED) is 0.333. The number of piperazine rings is 1. The molecule has 9 nitrogen and oxygen atoms in total. The number of ether oxygens (including phenoxy) is 1. The predicted octanol–water partition coefficient (Wildman–Crippen LogP) is 4.77. The van der Waals surface area contributed by atoms with Crippen LogP contribution in [0.15, 0.2) is 55.3 Å². The monoisotopic (exact) mass is 552 g/mol. The highest BCUT2D eigenvalue weighted by Gasteiger charge is 2.35. The molecule has 11 heteroatoms. The summed E-state index contributed by atoms with van der Waals surface area (Å²) in [5, 5.41) is 7.54. The van der Waals surface area contributed by atoms with Crippen LogP contribution in [0, 0.1) is 6.92 Å². The van der Waals surface area contributed by atoms with E-state index >= 15 is 0 Å². The van der Waals surface area contributed by atoms with Crippen molar-refractivity contribution in [3.05, 3.63) is 65.8 Å². The zero-order valence-electron chi connectivity index (χ0n) is 21.6. The third-order valence-electron chi connectivity index (χ3n) is 6.69.